The molecule has 15 heavy (non-hydrogen) atoms. The summed E-state index contributed by atoms with van der Waals surface area (Å²) in [5.41, 5.74) is 1.19. The molecule has 0 amide bonds. The van der Waals surface area contributed by atoms with Gasteiger partial charge >= 0.3 is 0 Å². The fourth-order valence-corrected chi connectivity index (χ4v) is 1.98. The Labute approximate surface area is 90.8 Å². The number of hydrogen-bond donors (Lipinski definition) is 1. The van der Waals surface area contributed by atoms with Crippen LogP contribution in [0, 0.1) is 0 Å². The van der Waals surface area contributed by atoms with Crippen LogP contribution in [0.1, 0.15) is 31.2 Å². The smallest absolute Gasteiger partial charge is 0.0947 e. The minimum atomic E-state index is 0.528. The first-order valence-electron chi connectivity index (χ1n) is 5.78. The standard InChI is InChI=1S/C12H19NO2/c1-2-4-12(3-1)15-8-6-13-9-11-5-7-14-10-11/h5,7,10,12-13H,1-4,6,8-9H2. The van der Waals surface area contributed by atoms with E-state index in [1.165, 1.54) is 31.2 Å². The normalized spacial score (nSPS) is 17.3. The maximum absolute atomic E-state index is 5.74. The van der Waals surface area contributed by atoms with Crippen molar-refractivity contribution >= 4 is 0 Å². The third-order valence-electron chi connectivity index (χ3n) is 2.84. The summed E-state index contributed by atoms with van der Waals surface area (Å²) in [6.45, 7) is 2.61. The van der Waals surface area contributed by atoms with E-state index in [9.17, 15) is 0 Å². The molecular weight excluding hydrogens is 190 g/mol. The number of rotatable bonds is 6. The summed E-state index contributed by atoms with van der Waals surface area (Å²) in [6.07, 6.45) is 9.18. The van der Waals surface area contributed by atoms with Gasteiger partial charge in [0.1, 0.15) is 0 Å². The van der Waals surface area contributed by atoms with E-state index in [1.54, 1.807) is 12.5 Å². The molecule has 0 spiro atoms. The van der Waals surface area contributed by atoms with E-state index in [2.05, 4.69) is 5.32 Å². The zero-order valence-electron chi connectivity index (χ0n) is 9.08. The molecule has 84 valence electrons. The van der Waals surface area contributed by atoms with Crippen LogP contribution in [-0.2, 0) is 11.3 Å². The van der Waals surface area contributed by atoms with Crippen LogP contribution in [0.25, 0.3) is 0 Å². The zero-order chi connectivity index (χ0) is 10.3. The molecule has 2 rings (SSSR count). The number of nitrogens with one attached hydrogen (secondary N) is 1. The van der Waals surface area contributed by atoms with Gasteiger partial charge in [-0.1, -0.05) is 12.8 Å². The van der Waals surface area contributed by atoms with E-state index in [1.807, 2.05) is 6.07 Å². The second-order valence-electron chi connectivity index (χ2n) is 4.09. The molecule has 1 saturated carbocycles. The summed E-state index contributed by atoms with van der Waals surface area (Å²) in [5, 5.41) is 3.33. The van der Waals surface area contributed by atoms with Crippen LogP contribution in [-0.4, -0.2) is 19.3 Å². The molecule has 0 aromatic carbocycles. The maximum Gasteiger partial charge on any atom is 0.0947 e. The Morgan fingerprint density at radius 1 is 1.40 bits per heavy atom. The second-order valence-corrected chi connectivity index (χ2v) is 4.09. The molecule has 0 unspecified atom stereocenters. The molecule has 1 heterocycles. The number of hydrogen-bond acceptors (Lipinski definition) is 3. The molecule has 0 saturated heterocycles. The Bertz CT molecular complexity index is 253. The number of ether oxygens (including phenoxy) is 1. The van der Waals surface area contributed by atoms with E-state index in [4.69, 9.17) is 9.15 Å². The van der Waals surface area contributed by atoms with Gasteiger partial charge < -0.3 is 14.5 Å². The highest BCUT2D eigenvalue weighted by atomic mass is 16.5. The molecule has 0 aliphatic heterocycles. The van der Waals surface area contributed by atoms with Gasteiger partial charge in [-0.05, 0) is 18.9 Å². The highest BCUT2D eigenvalue weighted by Crippen LogP contribution is 2.20. The van der Waals surface area contributed by atoms with Gasteiger partial charge in [0.15, 0.2) is 0 Å². The summed E-state index contributed by atoms with van der Waals surface area (Å²) in [6, 6.07) is 1.98. The molecule has 1 aliphatic carbocycles. The van der Waals surface area contributed by atoms with Gasteiger partial charge in [0.25, 0.3) is 0 Å². The monoisotopic (exact) mass is 209 g/mol. The van der Waals surface area contributed by atoms with Gasteiger partial charge in [-0.2, -0.15) is 0 Å². The summed E-state index contributed by atoms with van der Waals surface area (Å²) in [4.78, 5) is 0. The quantitative estimate of drug-likeness (QED) is 0.730. The first-order valence-corrected chi connectivity index (χ1v) is 5.78. The van der Waals surface area contributed by atoms with Crippen LogP contribution in [0.3, 0.4) is 0 Å². The fourth-order valence-electron chi connectivity index (χ4n) is 1.98. The van der Waals surface area contributed by atoms with E-state index in [0.29, 0.717) is 6.10 Å². The maximum atomic E-state index is 5.74. The van der Waals surface area contributed by atoms with Crippen molar-refractivity contribution < 1.29 is 9.15 Å². The van der Waals surface area contributed by atoms with Crippen LogP contribution < -0.4 is 5.32 Å². The topological polar surface area (TPSA) is 34.4 Å². The van der Waals surface area contributed by atoms with Gasteiger partial charge in [-0.3, -0.25) is 0 Å². The minimum absolute atomic E-state index is 0.528. The van der Waals surface area contributed by atoms with E-state index in [0.717, 1.165) is 19.7 Å². The Balaban J connectivity index is 1.48. The molecule has 1 aromatic rings. The lowest BCUT2D eigenvalue weighted by atomic mass is 10.3. The Hall–Kier alpha value is -0.800. The average Bonchev–Trinajstić information content (AvgIpc) is 2.88. The molecule has 1 fully saturated rings. The molecule has 0 atom stereocenters. The third kappa shape index (κ3) is 3.68. The van der Waals surface area contributed by atoms with Crippen molar-refractivity contribution in [1.82, 2.24) is 5.32 Å². The van der Waals surface area contributed by atoms with Crippen LogP contribution in [0.2, 0.25) is 0 Å². The molecule has 0 radical (unpaired) electrons. The Morgan fingerprint density at radius 3 is 3.00 bits per heavy atom. The SMILES string of the molecule is c1cc(CNCCOC2CCCC2)co1. The first-order chi connectivity index (χ1) is 7.45. The van der Waals surface area contributed by atoms with E-state index >= 15 is 0 Å². The molecule has 3 heteroatoms. The van der Waals surface area contributed by atoms with Crippen LogP contribution in [0.4, 0.5) is 0 Å². The Kier molecular flexibility index (Phi) is 4.23. The molecule has 1 aliphatic rings. The van der Waals surface area contributed by atoms with Crippen molar-refractivity contribution in [2.45, 2.75) is 38.3 Å². The molecule has 3 nitrogen and oxygen atoms in total. The molecule has 1 aromatic heterocycles. The van der Waals surface area contributed by atoms with Crippen LogP contribution in [0.5, 0.6) is 0 Å². The van der Waals surface area contributed by atoms with Crippen LogP contribution in [0.15, 0.2) is 23.0 Å². The zero-order valence-corrected chi connectivity index (χ0v) is 9.08. The average molecular weight is 209 g/mol. The lowest BCUT2D eigenvalue weighted by Crippen LogP contribution is -2.21. The summed E-state index contributed by atoms with van der Waals surface area (Å²) in [5.74, 6) is 0. The summed E-state index contributed by atoms with van der Waals surface area (Å²) < 4.78 is 10.7. The van der Waals surface area contributed by atoms with Crippen molar-refractivity contribution in [1.29, 1.82) is 0 Å². The lowest BCUT2D eigenvalue weighted by Gasteiger charge is -2.10. The first kappa shape index (κ1) is 10.7. The van der Waals surface area contributed by atoms with Gasteiger partial charge in [0.05, 0.1) is 25.2 Å². The largest absolute Gasteiger partial charge is 0.472 e. The number of furan rings is 1. The van der Waals surface area contributed by atoms with Gasteiger partial charge in [0.2, 0.25) is 0 Å². The van der Waals surface area contributed by atoms with Crippen molar-refractivity contribution in [2.24, 2.45) is 0 Å². The van der Waals surface area contributed by atoms with Crippen molar-refractivity contribution in [3.8, 4) is 0 Å². The Morgan fingerprint density at radius 2 is 2.27 bits per heavy atom. The fraction of sp³-hybridized carbons (Fsp3) is 0.667. The lowest BCUT2D eigenvalue weighted by molar-refractivity contribution is 0.0602. The summed E-state index contributed by atoms with van der Waals surface area (Å²) >= 11 is 0. The molecule has 1 N–H and O–H groups in total. The third-order valence-corrected chi connectivity index (χ3v) is 2.84. The highest BCUT2D eigenvalue weighted by Gasteiger charge is 2.14. The second kappa shape index (κ2) is 5.93. The summed E-state index contributed by atoms with van der Waals surface area (Å²) in [7, 11) is 0. The molecular formula is C12H19NO2. The van der Waals surface area contributed by atoms with Crippen molar-refractivity contribution in [3.63, 3.8) is 0 Å². The van der Waals surface area contributed by atoms with Crippen LogP contribution >= 0.6 is 0 Å². The van der Waals surface area contributed by atoms with Gasteiger partial charge in [0, 0.05) is 18.7 Å². The predicted octanol–water partition coefficient (Wildman–Crippen LogP) is 2.33. The van der Waals surface area contributed by atoms with Gasteiger partial charge in [-0.25, -0.2) is 0 Å². The van der Waals surface area contributed by atoms with Crippen molar-refractivity contribution in [2.75, 3.05) is 13.2 Å². The van der Waals surface area contributed by atoms with E-state index in [-0.39, 0.29) is 0 Å². The molecule has 0 bridgehead atoms. The minimum Gasteiger partial charge on any atom is -0.472 e. The van der Waals surface area contributed by atoms with E-state index < -0.39 is 0 Å². The predicted molar refractivity (Wildman–Crippen MR) is 58.6 cm³/mol. The highest BCUT2D eigenvalue weighted by molar-refractivity contribution is 5.04. The van der Waals surface area contributed by atoms with Gasteiger partial charge in [-0.15, -0.1) is 0 Å². The van der Waals surface area contributed by atoms with Crippen molar-refractivity contribution in [3.05, 3.63) is 24.2 Å².